The summed E-state index contributed by atoms with van der Waals surface area (Å²) in [6, 6.07) is 40.4. The van der Waals surface area contributed by atoms with Crippen molar-refractivity contribution in [3.8, 4) is 11.5 Å². The molecule has 7 rings (SSSR count). The van der Waals surface area contributed by atoms with Crippen LogP contribution in [-0.2, 0) is 55.2 Å². The number of nitrogens with zero attached hydrogens (tertiary/aromatic N) is 1. The lowest BCUT2D eigenvalue weighted by molar-refractivity contribution is -0.149. The van der Waals surface area contributed by atoms with Crippen LogP contribution in [0.5, 0.6) is 11.5 Å². The Labute approximate surface area is 471 Å². The number of esters is 2. The number of rotatable bonds is 24. The van der Waals surface area contributed by atoms with Crippen molar-refractivity contribution in [1.82, 2.24) is 3.97 Å². The van der Waals surface area contributed by atoms with Crippen LogP contribution in [-0.4, -0.2) is 78.7 Å². The molecule has 2 atom stereocenters. The third-order valence-corrected chi connectivity index (χ3v) is 23.9. The van der Waals surface area contributed by atoms with Crippen molar-refractivity contribution in [2.24, 2.45) is 11.3 Å². The quantitative estimate of drug-likeness (QED) is 0.0322. The molecule has 0 aliphatic heterocycles. The Morgan fingerprint density at radius 2 is 1.35 bits per heavy atom. The molecule has 1 aromatic heterocycles. The van der Waals surface area contributed by atoms with Crippen LogP contribution in [0.4, 0.5) is 8.78 Å². The second kappa shape index (κ2) is 24.6. The van der Waals surface area contributed by atoms with Crippen LogP contribution in [0.25, 0.3) is 10.9 Å². The zero-order chi connectivity index (χ0) is 57.6. The Kier molecular flexibility index (Phi) is 18.8. The summed E-state index contributed by atoms with van der Waals surface area (Å²) in [5.74, 6) is -5.44. The number of halogens is 3. The standard InChI is InChI=1S/C61H66BrF2NO11S2Si/c1-42(57(67)73-8)36-43-20-18-21-44(37-43)61(7,32-19-31-60(5,6)41-77(69,70)35-34-75-79(59(2,3)4,47-24-14-10-15-25-47)48-26-16-11-17-27-48)58(68)74-40-54(66)50-38-45(28-29-51(50)63)76-56-52(64)39-53-49(55(56)62)30-33-65(53)78(71,72)46-22-12-9-13-23-46/h9-18,20-30,33,37-39,42H,19,31-32,34-36,40-41H2,1-8H3/t42-,61+/m0/s1. The fourth-order valence-electron chi connectivity index (χ4n) is 10.2. The minimum atomic E-state index is -4.10. The van der Waals surface area contributed by atoms with E-state index >= 15 is 8.78 Å². The van der Waals surface area contributed by atoms with Gasteiger partial charge in [0.1, 0.15) is 11.6 Å². The van der Waals surface area contributed by atoms with Gasteiger partial charge in [-0.15, -0.1) is 0 Å². The third kappa shape index (κ3) is 13.7. The first-order chi connectivity index (χ1) is 37.2. The van der Waals surface area contributed by atoms with Gasteiger partial charge in [-0.2, -0.15) is 0 Å². The Bertz CT molecular complexity index is 3520. The SMILES string of the molecule is COC(=O)[C@@H](C)Cc1cccc([C@@](C)(CCCC(C)(C)CS(=O)(=O)CCO[Si](c2ccccc2)(c2ccccc2)C(C)(C)C)C(=O)OCC(=O)c2cc(Oc3c(F)cc4c(ccn4S(=O)(=O)c4ccccc4)c3Br)ccc2F)c1. The maximum absolute atomic E-state index is 15.9. The lowest BCUT2D eigenvalue weighted by atomic mass is 9.75. The van der Waals surface area contributed by atoms with E-state index in [1.54, 1.807) is 50.2 Å². The first-order valence-electron chi connectivity index (χ1n) is 25.8. The monoisotopic (exact) mass is 1200 g/mol. The lowest BCUT2D eigenvalue weighted by Gasteiger charge is -2.43. The molecule has 7 aromatic rings. The minimum Gasteiger partial charge on any atom is -0.469 e. The van der Waals surface area contributed by atoms with Crippen molar-refractivity contribution < 1.29 is 58.6 Å². The van der Waals surface area contributed by atoms with Crippen LogP contribution in [0, 0.1) is 23.0 Å². The second-order valence-electron chi connectivity index (χ2n) is 21.9. The molecular formula is C61H66BrF2NO11S2Si. The van der Waals surface area contributed by atoms with Gasteiger partial charge < -0.3 is 18.6 Å². The maximum Gasteiger partial charge on any atom is 0.316 e. The van der Waals surface area contributed by atoms with Gasteiger partial charge in [0.05, 0.1) is 50.4 Å². The molecule has 0 aliphatic rings. The Morgan fingerprint density at radius 3 is 1.96 bits per heavy atom. The second-order valence-corrected chi connectivity index (χ2v) is 31.0. The molecule has 0 spiro atoms. The highest BCUT2D eigenvalue weighted by Gasteiger charge is 2.50. The average Bonchev–Trinajstić information content (AvgIpc) is 4.13. The zero-order valence-corrected chi connectivity index (χ0v) is 49.8. The van der Waals surface area contributed by atoms with Crippen molar-refractivity contribution in [2.45, 2.75) is 89.5 Å². The molecule has 1 heterocycles. The fraction of sp³-hybridized carbons (Fsp3) is 0.328. The van der Waals surface area contributed by atoms with Crippen molar-refractivity contribution in [1.29, 1.82) is 0 Å². The van der Waals surface area contributed by atoms with Gasteiger partial charge >= 0.3 is 11.9 Å². The highest BCUT2D eigenvalue weighted by Crippen LogP contribution is 2.41. The zero-order valence-electron chi connectivity index (χ0n) is 45.6. The van der Waals surface area contributed by atoms with Gasteiger partial charge in [0, 0.05) is 24.3 Å². The summed E-state index contributed by atoms with van der Waals surface area (Å²) in [7, 11) is -9.47. The van der Waals surface area contributed by atoms with Crippen molar-refractivity contribution in [2.75, 3.05) is 31.8 Å². The van der Waals surface area contributed by atoms with Crippen molar-refractivity contribution in [3.05, 3.63) is 185 Å². The van der Waals surface area contributed by atoms with Gasteiger partial charge in [-0.05, 0) is 110 Å². The molecule has 0 N–H and O–H groups in total. The van der Waals surface area contributed by atoms with Gasteiger partial charge in [0.15, 0.2) is 28.0 Å². The predicted octanol–water partition coefficient (Wildman–Crippen LogP) is 11.9. The van der Waals surface area contributed by atoms with Crippen LogP contribution >= 0.6 is 15.9 Å². The van der Waals surface area contributed by atoms with Crippen molar-refractivity contribution >= 4 is 83.1 Å². The number of sulfone groups is 1. The summed E-state index contributed by atoms with van der Waals surface area (Å²) < 4.78 is 111. The normalized spacial score (nSPS) is 13.6. The number of hydrogen-bond donors (Lipinski definition) is 0. The first kappa shape index (κ1) is 60.3. The molecule has 6 aromatic carbocycles. The molecule has 0 bridgehead atoms. The molecule has 418 valence electrons. The van der Waals surface area contributed by atoms with E-state index in [4.69, 9.17) is 18.6 Å². The van der Waals surface area contributed by atoms with E-state index < -0.39 is 86.5 Å². The van der Waals surface area contributed by atoms with Crippen LogP contribution in [0.3, 0.4) is 0 Å². The summed E-state index contributed by atoms with van der Waals surface area (Å²) in [6.07, 6.45) is 2.46. The molecule has 0 aliphatic carbocycles. The number of ketones is 1. The van der Waals surface area contributed by atoms with Gasteiger partial charge in [-0.1, -0.05) is 151 Å². The number of hydrogen-bond acceptors (Lipinski definition) is 11. The summed E-state index contributed by atoms with van der Waals surface area (Å²) in [5.41, 5.74) is -1.42. The van der Waals surface area contributed by atoms with Crippen molar-refractivity contribution in [3.63, 3.8) is 0 Å². The minimum absolute atomic E-state index is 0.00455. The van der Waals surface area contributed by atoms with Crippen LogP contribution in [0.15, 0.2) is 161 Å². The molecule has 0 saturated carbocycles. The van der Waals surface area contributed by atoms with E-state index in [1.807, 2.05) is 56.3 Å². The van der Waals surface area contributed by atoms with Gasteiger partial charge in [-0.3, -0.25) is 14.4 Å². The number of fused-ring (bicyclic) bond motifs is 1. The molecule has 0 amide bonds. The number of benzene rings is 6. The largest absolute Gasteiger partial charge is 0.469 e. The number of ether oxygens (including phenoxy) is 3. The molecule has 18 heteroatoms. The predicted molar refractivity (Wildman–Crippen MR) is 309 cm³/mol. The summed E-state index contributed by atoms with van der Waals surface area (Å²) in [6.45, 7) is 12.6. The number of carbonyl (C=O) groups is 3. The molecule has 0 saturated heterocycles. The van der Waals surface area contributed by atoms with E-state index in [0.29, 0.717) is 24.8 Å². The van der Waals surface area contributed by atoms with E-state index in [-0.39, 0.29) is 61.3 Å². The smallest absolute Gasteiger partial charge is 0.316 e. The highest BCUT2D eigenvalue weighted by molar-refractivity contribution is 9.10. The number of Topliss-reactive ketones (excluding diaryl/α,β-unsaturated/α-hetero) is 1. The number of methoxy groups -OCH3 is 1. The Balaban J connectivity index is 1.06. The van der Waals surface area contributed by atoms with E-state index in [0.717, 1.165) is 38.1 Å². The Morgan fingerprint density at radius 1 is 0.734 bits per heavy atom. The molecular weight excluding hydrogens is 1130 g/mol. The summed E-state index contributed by atoms with van der Waals surface area (Å²) in [4.78, 5) is 40.7. The third-order valence-electron chi connectivity index (χ3n) is 14.3. The van der Waals surface area contributed by atoms with Gasteiger partial charge in [0.25, 0.3) is 18.3 Å². The van der Waals surface area contributed by atoms with Crippen LogP contribution in [0.1, 0.15) is 89.2 Å². The van der Waals surface area contributed by atoms with Gasteiger partial charge in [0.2, 0.25) is 5.78 Å². The lowest BCUT2D eigenvalue weighted by Crippen LogP contribution is -2.66. The number of carbonyl (C=O) groups excluding carboxylic acids is 3. The Hall–Kier alpha value is -6.31. The fourth-order valence-corrected chi connectivity index (χ4v) is 18.7. The highest BCUT2D eigenvalue weighted by atomic mass is 79.9. The van der Waals surface area contributed by atoms with E-state index in [2.05, 4.69) is 61.0 Å². The first-order valence-corrected chi connectivity index (χ1v) is 31.8. The maximum atomic E-state index is 15.9. The molecule has 0 radical (unpaired) electrons. The van der Waals surface area contributed by atoms with Crippen LogP contribution in [0.2, 0.25) is 5.04 Å². The molecule has 0 unspecified atom stereocenters. The average molecular weight is 1200 g/mol. The van der Waals surface area contributed by atoms with E-state index in [9.17, 15) is 31.2 Å². The van der Waals surface area contributed by atoms with Crippen LogP contribution < -0.4 is 15.1 Å². The number of aromatic nitrogens is 1. The molecule has 12 nitrogen and oxygen atoms in total. The topological polar surface area (TPSA) is 161 Å². The van der Waals surface area contributed by atoms with Gasteiger partial charge in [-0.25, -0.2) is 29.6 Å². The summed E-state index contributed by atoms with van der Waals surface area (Å²) >= 11 is 3.34. The molecule has 0 fully saturated rings. The summed E-state index contributed by atoms with van der Waals surface area (Å²) in [5, 5.41) is 2.02. The van der Waals surface area contributed by atoms with E-state index in [1.165, 1.54) is 37.6 Å². The molecule has 79 heavy (non-hydrogen) atoms.